The zero-order valence-electron chi connectivity index (χ0n) is 48.4. The van der Waals surface area contributed by atoms with Gasteiger partial charge in [-0.25, -0.2) is 28.7 Å². The molecule has 10 heterocycles. The van der Waals surface area contributed by atoms with Crippen molar-refractivity contribution >= 4 is 67.7 Å². The smallest absolute Gasteiger partial charge is 1.00 e. The van der Waals surface area contributed by atoms with E-state index in [0.29, 0.717) is 55.9 Å². The van der Waals surface area contributed by atoms with Gasteiger partial charge >= 0.3 is 59.1 Å². The molecule has 1 N–H and O–H groups in total. The third-order valence-corrected chi connectivity index (χ3v) is 14.9. The Bertz CT molecular complexity index is 3790. The number of benzene rings is 2. The maximum absolute atomic E-state index is 14.8. The summed E-state index contributed by atoms with van der Waals surface area (Å²) in [5, 5.41) is 24.7. The van der Waals surface area contributed by atoms with Gasteiger partial charge in [-0.3, -0.25) is 24.1 Å². The summed E-state index contributed by atoms with van der Waals surface area (Å²) in [7, 11) is 3.43. The van der Waals surface area contributed by atoms with Gasteiger partial charge in [0.25, 0.3) is 6.47 Å². The van der Waals surface area contributed by atoms with Gasteiger partial charge in [0.05, 0.1) is 49.1 Å². The molecule has 0 saturated carbocycles. The number of fused-ring (bicyclic) bond motifs is 2. The Kier molecular flexibility index (Phi) is 28.2. The first kappa shape index (κ1) is 69.6. The number of aromatic nitrogens is 10. The topological polar surface area (TPSA) is 196 Å². The van der Waals surface area contributed by atoms with E-state index in [1.165, 1.54) is 24.3 Å². The van der Waals surface area contributed by atoms with Gasteiger partial charge in [0.15, 0.2) is 11.3 Å². The van der Waals surface area contributed by atoms with Crippen molar-refractivity contribution in [3.8, 4) is 67.0 Å². The molecule has 2 aliphatic heterocycles. The molecule has 17 nitrogen and oxygen atoms in total. The molecular formula is C62H63BrCl2F2N12Na2O5. The summed E-state index contributed by atoms with van der Waals surface area (Å²) in [6.45, 7) is 6.46. The minimum atomic E-state index is -0.392. The average molecular weight is 1290 g/mol. The Morgan fingerprint density at radius 1 is 0.640 bits per heavy atom. The number of rotatable bonds is 14. The molecule has 438 valence electrons. The number of carbonyl (C=O) groups is 1. The standard InChI is InChI=1S/C30H28ClFN6O.C27H22ClFN6.C3H7BrO.CH2O3.CH4.2Na.H/c1-39-12-11-37-9-6-24(7-10-37)38-19-22(18-35-38)20-13-21(17-33-16-20)26-15-29(27-14-23(31)4-5-28(27)32)36-30-25(26)3-2-8-34-30;28-20-3-4-25(29)24(11-20)26-12-23(22-2-1-7-32-27(22)34-26)18-10-17(13-31-14-18)19-15-33-35(16-19)21-5-8-30-9-6-21;1-5-3-2-4;2-1-4-3;;;;/h2-5,8,13-19,24H,6-7,9-12H2,1H3;1-4,7,10-16,21,30H,5-6,8-9H2;2-3H2,1H3;1,3H;1H4;;;/q;;;;;2*+1;-1/p-1. The van der Waals surface area contributed by atoms with Crippen molar-refractivity contribution < 1.29 is 93.7 Å². The number of methoxy groups -OCH3 is 2. The van der Waals surface area contributed by atoms with Crippen LogP contribution in [0.1, 0.15) is 46.6 Å². The predicted octanol–water partition coefficient (Wildman–Crippen LogP) is 6.46. The number of hydrogen-bond donors (Lipinski definition) is 1. The Labute approximate surface area is 562 Å². The second-order valence-electron chi connectivity index (χ2n) is 19.4. The van der Waals surface area contributed by atoms with Crippen molar-refractivity contribution in [2.45, 2.75) is 45.2 Å². The number of nitrogens with zero attached hydrogens (tertiary/aromatic N) is 11. The number of halogens is 5. The number of likely N-dealkylation sites (tertiary alicyclic amines) is 1. The van der Waals surface area contributed by atoms with Gasteiger partial charge < -0.3 is 31.3 Å². The Hall–Kier alpha value is -5.53. The van der Waals surface area contributed by atoms with Gasteiger partial charge in [-0.1, -0.05) is 46.6 Å². The summed E-state index contributed by atoms with van der Waals surface area (Å²) in [5.74, 6) is -0.780. The Balaban J connectivity index is 0.000000269. The van der Waals surface area contributed by atoms with E-state index in [-0.39, 0.29) is 80.3 Å². The molecule has 0 amide bonds. The molecule has 0 spiro atoms. The minimum Gasteiger partial charge on any atom is -1.00 e. The second-order valence-corrected chi connectivity index (χ2v) is 21.0. The van der Waals surface area contributed by atoms with Crippen LogP contribution in [0.2, 0.25) is 10.0 Å². The van der Waals surface area contributed by atoms with Gasteiger partial charge in [0.1, 0.15) is 11.6 Å². The van der Waals surface area contributed by atoms with Crippen LogP contribution in [-0.2, 0) is 19.2 Å². The zero-order valence-corrected chi connectivity index (χ0v) is 54.5. The number of nitrogens with one attached hydrogen (secondary N) is 1. The van der Waals surface area contributed by atoms with E-state index in [9.17, 15) is 8.78 Å². The molecule has 0 aliphatic carbocycles. The van der Waals surface area contributed by atoms with Gasteiger partial charge in [0.2, 0.25) is 0 Å². The van der Waals surface area contributed by atoms with Crippen LogP contribution in [0.25, 0.3) is 89.1 Å². The van der Waals surface area contributed by atoms with Crippen molar-refractivity contribution in [1.29, 1.82) is 0 Å². The first-order chi connectivity index (χ1) is 40.6. The van der Waals surface area contributed by atoms with Crippen LogP contribution in [0.3, 0.4) is 0 Å². The van der Waals surface area contributed by atoms with Crippen LogP contribution in [0.4, 0.5) is 8.78 Å². The van der Waals surface area contributed by atoms with Crippen LogP contribution in [-0.4, -0.2) is 126 Å². The molecule has 2 fully saturated rings. The van der Waals surface area contributed by atoms with Crippen molar-refractivity contribution in [2.24, 2.45) is 0 Å². The molecule has 24 heteroatoms. The van der Waals surface area contributed by atoms with Gasteiger partial charge in [0, 0.05) is 154 Å². The number of pyridine rings is 6. The van der Waals surface area contributed by atoms with Crippen LogP contribution < -0.4 is 69.7 Å². The van der Waals surface area contributed by atoms with Crippen LogP contribution in [0, 0.1) is 11.6 Å². The molecule has 0 bridgehead atoms. The normalized spacial score (nSPS) is 13.3. The van der Waals surface area contributed by atoms with Crippen LogP contribution >= 0.6 is 39.1 Å². The van der Waals surface area contributed by atoms with Crippen molar-refractivity contribution in [3.05, 3.63) is 169 Å². The molecule has 10 aromatic rings. The van der Waals surface area contributed by atoms with E-state index in [2.05, 4.69) is 105 Å². The first-order valence-corrected chi connectivity index (χ1v) is 28.6. The van der Waals surface area contributed by atoms with E-state index in [1.807, 2.05) is 67.4 Å². The zero-order chi connectivity index (χ0) is 58.1. The molecule has 2 aromatic carbocycles. The number of hydrogen-bond acceptors (Lipinski definition) is 15. The monoisotopic (exact) mass is 1290 g/mol. The molecule has 86 heavy (non-hydrogen) atoms. The van der Waals surface area contributed by atoms with Crippen LogP contribution in [0.5, 0.6) is 0 Å². The molecule has 2 saturated heterocycles. The Morgan fingerprint density at radius 3 is 1.52 bits per heavy atom. The predicted molar refractivity (Wildman–Crippen MR) is 327 cm³/mol. The van der Waals surface area contributed by atoms with E-state index in [1.54, 1.807) is 44.9 Å². The fourth-order valence-corrected chi connectivity index (χ4v) is 10.6. The van der Waals surface area contributed by atoms with Crippen molar-refractivity contribution in [3.63, 3.8) is 0 Å². The number of carbonyl (C=O) groups excluding carboxylic acids is 1. The average Bonchev–Trinajstić information content (AvgIpc) is 2.12. The summed E-state index contributed by atoms with van der Waals surface area (Å²) < 4.78 is 43.5. The van der Waals surface area contributed by atoms with E-state index < -0.39 is 5.82 Å². The number of piperidine rings is 2. The van der Waals surface area contributed by atoms with Gasteiger partial charge in [-0.05, 0) is 135 Å². The summed E-state index contributed by atoms with van der Waals surface area (Å²) in [5.41, 5.74) is 10.1. The maximum Gasteiger partial charge on any atom is 1.00 e. The van der Waals surface area contributed by atoms with E-state index in [0.717, 1.165) is 132 Å². The molecule has 12 rings (SSSR count). The Morgan fingerprint density at radius 2 is 1.09 bits per heavy atom. The quantitative estimate of drug-likeness (QED) is 0.0410. The number of ether oxygens (including phenoxy) is 2. The third-order valence-electron chi connectivity index (χ3n) is 14.1. The number of alkyl halides is 1. The second kappa shape index (κ2) is 34.9. The van der Waals surface area contributed by atoms with Crippen LogP contribution in [0.15, 0.2) is 147 Å². The molecule has 0 unspecified atom stereocenters. The van der Waals surface area contributed by atoms with Gasteiger partial charge in [-0.15, -0.1) is 0 Å². The SMILES string of the molecule is C.COCCBr.COCCN1CCC(n2cc(-c3cncc(-c4cc(-c5cc(Cl)ccc5F)nc5ncccc45)c3)cn2)CC1.Fc1ccc(Cl)cc1-c1cc(-c2cncc(-c3cnn(C4CCNCC4)c3)c2)c2cccnc2n1.O=CO[O-].[H-].[Na+].[Na+]. The minimum absolute atomic E-state index is 0. The van der Waals surface area contributed by atoms with Gasteiger partial charge in [-0.2, -0.15) is 10.2 Å². The summed E-state index contributed by atoms with van der Waals surface area (Å²) >= 11 is 15.5. The summed E-state index contributed by atoms with van der Waals surface area (Å²) in [6, 6.07) is 25.3. The molecule has 8 aromatic heterocycles. The molecule has 0 atom stereocenters. The van der Waals surface area contributed by atoms with Crippen molar-refractivity contribution in [2.75, 3.05) is 65.5 Å². The molecule has 0 radical (unpaired) electrons. The first-order valence-electron chi connectivity index (χ1n) is 26.7. The molecular weight excluding hydrogens is 1230 g/mol. The fourth-order valence-electron chi connectivity index (χ4n) is 9.90. The maximum atomic E-state index is 14.8. The van der Waals surface area contributed by atoms with Crippen molar-refractivity contribution in [1.82, 2.24) is 59.7 Å². The van der Waals surface area contributed by atoms with E-state index in [4.69, 9.17) is 43.1 Å². The largest absolute Gasteiger partial charge is 1.00 e. The summed E-state index contributed by atoms with van der Waals surface area (Å²) in [6.07, 6.45) is 22.9. The third kappa shape index (κ3) is 18.1. The molecule has 2 aliphatic rings. The summed E-state index contributed by atoms with van der Waals surface area (Å²) in [4.78, 5) is 40.9. The van der Waals surface area contributed by atoms with E-state index >= 15 is 0 Å². The fraction of sp³-hybridized carbons (Fsp3) is 0.274.